The molecule has 4 aromatic rings. The van der Waals surface area contributed by atoms with Gasteiger partial charge in [-0.2, -0.15) is 0 Å². The van der Waals surface area contributed by atoms with E-state index in [4.69, 9.17) is 14.0 Å². The minimum atomic E-state index is -4.75. The van der Waals surface area contributed by atoms with Crippen LogP contribution in [-0.4, -0.2) is 278 Å². The number of aromatic nitrogens is 1. The molecule has 15 atom stereocenters. The first-order valence-electron chi connectivity index (χ1n) is 33.8. The maximum Gasteiger partial charge on any atom is 0.266 e. The topological polar surface area (TPSA) is 498 Å². The Morgan fingerprint density at radius 1 is 0.713 bits per heavy atom. The number of hydrogen-bond acceptors (Lipinski definition) is 26. The molecule has 0 spiro atoms. The number of unbranched alkanes of at least 4 members (excludes halogenated alkanes) is 4. The summed E-state index contributed by atoms with van der Waals surface area (Å²) < 4.78 is 50.9. The van der Waals surface area contributed by atoms with Crippen molar-refractivity contribution in [2.45, 2.75) is 177 Å². The largest absolute Gasteiger partial charge is 0.504 e. The fraction of sp³-hybridized carbons (Fsp3) is 0.582. The lowest BCUT2D eigenvalue weighted by Gasteiger charge is -2.35. The molecule has 33 nitrogen and oxygen atoms in total. The smallest absolute Gasteiger partial charge is 0.266 e. The highest BCUT2D eigenvalue weighted by atomic mass is 32.3. The van der Waals surface area contributed by atoms with Crippen LogP contribution in [0.15, 0.2) is 77.3 Å². The zero-order valence-corrected chi connectivity index (χ0v) is 57.5. The third-order valence-electron chi connectivity index (χ3n) is 18.2. The summed E-state index contributed by atoms with van der Waals surface area (Å²) in [7, 11) is 0. The van der Waals surface area contributed by atoms with Crippen molar-refractivity contribution in [2.24, 2.45) is 5.92 Å². The standard InChI is InChI=1S/C67H96N10O23S/c1-36-30-77-59(60(36)86)65(91)69-29-45(81)26-49(70-61(87)43-13-11-41(12-14-43)48-28-54(99-74-48)42-15-17-47(18-16-42)97-23-9-7-5-6-8-22-75-31-37(2)98-38(3)32-75)62(88)71-56(39(4)80)66(92)76-33-46(82)27-50(76)63(89)72-57(53(85)24-40-10-19-51(83)55(25-40)100-101(94,95)96)64(90)73-58(67(77)93)52(84)20-21-68-44(34-78)35-79/h10-19,25,28,36-39,44-46,49-50,52-53,56-60,68,78-86,94-96H,5-9,20-24,26-27,29-35H2,1-4H3,(H,69,91)(H,70,87)(H,71,88)(H,72,89)(H,73,90)/t36-,37-,38+,39+,45+,46+,49-,50-,52+,53+,56-,57-,58-,59-,60-/m0/s1. The van der Waals surface area contributed by atoms with E-state index in [1.54, 1.807) is 18.2 Å². The summed E-state index contributed by atoms with van der Waals surface area (Å²) in [6.07, 6.45) is -7.19. The van der Waals surface area contributed by atoms with E-state index in [0.29, 0.717) is 29.4 Å². The molecule has 1 aromatic heterocycles. The Kier molecular flexibility index (Phi) is 28.6. The number of morpholine rings is 1. The zero-order chi connectivity index (χ0) is 73.4. The van der Waals surface area contributed by atoms with Crippen LogP contribution in [0.2, 0.25) is 0 Å². The van der Waals surface area contributed by atoms with Gasteiger partial charge < -0.3 is 106 Å². The van der Waals surface area contributed by atoms with Crippen LogP contribution in [0.5, 0.6) is 17.2 Å². The maximum absolute atomic E-state index is 15.0. The predicted molar refractivity (Wildman–Crippen MR) is 362 cm³/mol. The Bertz CT molecular complexity index is 3410. The minimum Gasteiger partial charge on any atom is -0.504 e. The van der Waals surface area contributed by atoms with Crippen molar-refractivity contribution in [3.8, 4) is 39.8 Å². The van der Waals surface area contributed by atoms with Crippen molar-refractivity contribution in [2.75, 3.05) is 65.6 Å². The van der Waals surface area contributed by atoms with Crippen molar-refractivity contribution in [1.29, 1.82) is 0 Å². The number of fused-ring (bicyclic) bond motifs is 2. The zero-order valence-electron chi connectivity index (χ0n) is 56.7. The highest BCUT2D eigenvalue weighted by Gasteiger charge is 2.50. The highest BCUT2D eigenvalue weighted by Crippen LogP contribution is 2.41. The number of nitrogens with zero attached hydrogens (tertiary/aromatic N) is 4. The van der Waals surface area contributed by atoms with E-state index in [1.165, 1.54) is 19.1 Å². The molecule has 4 fully saturated rings. The summed E-state index contributed by atoms with van der Waals surface area (Å²) in [6.45, 7) is 7.32. The number of aliphatic hydroxyl groups is 8. The molecule has 558 valence electrons. The number of benzene rings is 3. The van der Waals surface area contributed by atoms with Gasteiger partial charge in [-0.1, -0.05) is 49.5 Å². The second-order valence-electron chi connectivity index (χ2n) is 26.5. The highest BCUT2D eigenvalue weighted by molar-refractivity contribution is 8.15. The number of carbonyl (C=O) groups is 7. The van der Waals surface area contributed by atoms with Gasteiger partial charge in [0.15, 0.2) is 17.3 Å². The minimum absolute atomic E-state index is 0.0178. The van der Waals surface area contributed by atoms with Gasteiger partial charge in [-0.15, -0.1) is 0 Å². The molecule has 0 radical (unpaired) electrons. The molecule has 3 aromatic carbocycles. The molecule has 34 heteroatoms. The second-order valence-corrected chi connectivity index (χ2v) is 27.6. The van der Waals surface area contributed by atoms with Crippen molar-refractivity contribution in [3.63, 3.8) is 0 Å². The van der Waals surface area contributed by atoms with Crippen LogP contribution in [-0.2, 0) is 39.9 Å². The van der Waals surface area contributed by atoms with Gasteiger partial charge in [-0.05, 0) is 107 Å². The number of phenols is 1. The summed E-state index contributed by atoms with van der Waals surface area (Å²) in [5, 5.41) is 118. The number of phenolic OH excluding ortho intramolecular Hbond substituents is 1. The van der Waals surface area contributed by atoms with E-state index in [2.05, 4.69) is 60.0 Å². The van der Waals surface area contributed by atoms with Crippen LogP contribution < -0.4 is 40.8 Å². The quantitative estimate of drug-likeness (QED) is 0.0334. The number of amides is 7. The van der Waals surface area contributed by atoms with Gasteiger partial charge in [0.05, 0.1) is 74.7 Å². The SMILES string of the molecule is C[C@@H]1CN(CCCCCCCOc2ccc(-c3cc(-c4ccc(C(=O)N[C@H]5C[C@@H](O)CNC(=O)[C@@H]6[C@@H](O)[C@@H](C)CN6C(=O)[C@H]([C@H](O)CCNC(CO)CO)NC(=O)[C@H]([C@H](O)Cc6ccc(O)c(OS(O)(O)O)c6)NC(=O)[C@@H]6C[C@@H](O)CN6C(=O)[C@H]([C@@H](C)O)NC5=O)cc4)no3)cc2)C[C@H](C)O1. The monoisotopic (exact) mass is 1440 g/mol. The predicted octanol–water partition coefficient (Wildman–Crippen LogP) is -1.05. The van der Waals surface area contributed by atoms with E-state index in [1.807, 2.05) is 24.3 Å². The first-order valence-corrected chi connectivity index (χ1v) is 35.3. The summed E-state index contributed by atoms with van der Waals surface area (Å²) >= 11 is -4.75. The van der Waals surface area contributed by atoms with Crippen molar-refractivity contribution in [3.05, 3.63) is 83.9 Å². The summed E-state index contributed by atoms with van der Waals surface area (Å²) in [5.74, 6) is -9.41. The molecule has 4 saturated heterocycles. The van der Waals surface area contributed by atoms with Crippen LogP contribution in [0.1, 0.15) is 95.0 Å². The van der Waals surface area contributed by atoms with Crippen LogP contribution >= 0.6 is 11.2 Å². The number of aromatic hydroxyl groups is 1. The average molecular weight is 1440 g/mol. The molecule has 0 unspecified atom stereocenters. The molecule has 0 saturated carbocycles. The summed E-state index contributed by atoms with van der Waals surface area (Å²) in [6, 6.07) is 5.47. The Hall–Kier alpha value is -7.65. The van der Waals surface area contributed by atoms with Crippen LogP contribution in [0.4, 0.5) is 0 Å². The molecule has 101 heavy (non-hydrogen) atoms. The molecule has 0 aliphatic carbocycles. The second kappa shape index (κ2) is 36.5. The Balaban J connectivity index is 1.01. The first kappa shape index (κ1) is 79.1. The van der Waals surface area contributed by atoms with Crippen molar-refractivity contribution in [1.82, 2.24) is 51.8 Å². The van der Waals surface area contributed by atoms with Crippen LogP contribution in [0.3, 0.4) is 0 Å². The Morgan fingerprint density at radius 2 is 1.36 bits per heavy atom. The van der Waals surface area contributed by atoms with E-state index in [-0.39, 0.29) is 29.9 Å². The molecule has 7 amide bonds. The van der Waals surface area contributed by atoms with Crippen molar-refractivity contribution >= 4 is 52.5 Å². The number of aliphatic hydroxyl groups excluding tert-OH is 8. The lowest BCUT2D eigenvalue weighted by Crippen LogP contribution is -2.64. The molecule has 18 N–H and O–H groups in total. The van der Waals surface area contributed by atoms with E-state index in [9.17, 15) is 93.2 Å². The Morgan fingerprint density at radius 3 is 2.03 bits per heavy atom. The number of hydrogen-bond donors (Lipinski definition) is 18. The van der Waals surface area contributed by atoms with E-state index >= 15 is 0 Å². The number of rotatable bonds is 26. The first-order chi connectivity index (χ1) is 48.0. The van der Waals surface area contributed by atoms with Gasteiger partial charge >= 0.3 is 0 Å². The van der Waals surface area contributed by atoms with Crippen LogP contribution in [0, 0.1) is 5.92 Å². The number of β-amino-alcohol motifs (C(OH)–C–C–N with tert-alkyl or cyclic N) is 1. The fourth-order valence-electron chi connectivity index (χ4n) is 12.9. The summed E-state index contributed by atoms with van der Waals surface area (Å²) in [5.41, 5.74) is 1.57. The molecule has 8 rings (SSSR count). The normalized spacial score (nSPS) is 26.5. The molecule has 5 heterocycles. The van der Waals surface area contributed by atoms with E-state index in [0.717, 1.165) is 92.2 Å². The van der Waals surface area contributed by atoms with Crippen molar-refractivity contribution < 1.29 is 111 Å². The van der Waals surface area contributed by atoms with Crippen LogP contribution in [0.25, 0.3) is 22.6 Å². The maximum atomic E-state index is 15.0. The molecular weight excluding hydrogens is 1340 g/mol. The lowest BCUT2D eigenvalue weighted by molar-refractivity contribution is -0.147. The lowest BCUT2D eigenvalue weighted by atomic mass is 9.98. The third-order valence-corrected chi connectivity index (χ3v) is 18.6. The number of ether oxygens (including phenoxy) is 2. The third kappa shape index (κ3) is 21.9. The molecule has 0 bridgehead atoms. The average Bonchev–Trinajstić information content (AvgIpc) is 1.65. The van der Waals surface area contributed by atoms with Gasteiger partial charge in [0.2, 0.25) is 35.4 Å². The molecular formula is C67H96N10O23S. The van der Waals surface area contributed by atoms with E-state index < -0.39 is 207 Å². The Labute approximate surface area is 585 Å². The molecule has 4 aliphatic heterocycles. The fourth-order valence-corrected chi connectivity index (χ4v) is 13.2. The summed E-state index contributed by atoms with van der Waals surface area (Å²) in [4.78, 5) is 106. The van der Waals surface area contributed by atoms with Gasteiger partial charge in [-0.3, -0.25) is 52.1 Å². The van der Waals surface area contributed by atoms with Gasteiger partial charge in [0.25, 0.3) is 17.1 Å². The number of carbonyl (C=O) groups excluding carboxylic acids is 7. The number of nitrogens with one attached hydrogen (secondary N) is 6. The van der Waals surface area contributed by atoms with Gasteiger partial charge in [-0.25, -0.2) is 0 Å². The molecule has 4 aliphatic rings. The van der Waals surface area contributed by atoms with Gasteiger partial charge in [0, 0.05) is 80.7 Å². The van der Waals surface area contributed by atoms with Gasteiger partial charge in [0.1, 0.15) is 47.7 Å².